The Hall–Kier alpha value is -4.65. The number of nitrogens with one attached hydrogen (secondary N) is 1. The Morgan fingerprint density at radius 1 is 1.18 bits per heavy atom. The summed E-state index contributed by atoms with van der Waals surface area (Å²) in [6, 6.07) is 8.97. The van der Waals surface area contributed by atoms with E-state index in [2.05, 4.69) is 10.4 Å². The fourth-order valence-corrected chi connectivity index (χ4v) is 6.30. The van der Waals surface area contributed by atoms with E-state index in [0.717, 1.165) is 59.0 Å². The van der Waals surface area contributed by atoms with Crippen molar-refractivity contribution in [1.82, 2.24) is 34.7 Å². The van der Waals surface area contributed by atoms with Crippen LogP contribution < -0.4 is 5.32 Å². The van der Waals surface area contributed by atoms with Crippen LogP contribution in [0.3, 0.4) is 0 Å². The van der Waals surface area contributed by atoms with Crippen LogP contribution in [-0.2, 0) is 32.8 Å². The molecule has 1 aliphatic carbocycles. The molecular formula is C31H36FN7O5. The molecule has 1 saturated carbocycles. The number of likely N-dealkylation sites (tertiary alicyclic amines) is 1. The van der Waals surface area contributed by atoms with E-state index in [0.29, 0.717) is 11.8 Å². The molecule has 0 atom stereocenters. The van der Waals surface area contributed by atoms with Gasteiger partial charge in [-0.15, -0.1) is 0 Å². The molecule has 12 nitrogen and oxygen atoms in total. The second kappa shape index (κ2) is 12.2. The minimum atomic E-state index is -0.822. The monoisotopic (exact) mass is 605 g/mol. The van der Waals surface area contributed by atoms with Gasteiger partial charge in [0.15, 0.2) is 0 Å². The van der Waals surface area contributed by atoms with Crippen LogP contribution in [0.5, 0.6) is 0 Å². The van der Waals surface area contributed by atoms with Crippen LogP contribution in [0, 0.1) is 11.2 Å². The number of aliphatic carboxylic acids is 1. The van der Waals surface area contributed by atoms with Crippen molar-refractivity contribution in [2.45, 2.75) is 32.2 Å². The number of carbonyl (C=O) groups excluding carboxylic acids is 3. The van der Waals surface area contributed by atoms with Gasteiger partial charge in [0.25, 0.3) is 0 Å². The molecule has 13 heteroatoms. The number of carboxylic acid groups (broad SMARTS) is 1. The maximum Gasteiger partial charge on any atom is 0.317 e. The van der Waals surface area contributed by atoms with Crippen molar-refractivity contribution in [3.63, 3.8) is 0 Å². The molecule has 0 bridgehead atoms. The number of aryl methyl sites for hydroxylation is 1. The van der Waals surface area contributed by atoms with E-state index in [-0.39, 0.29) is 48.6 Å². The maximum atomic E-state index is 15.5. The summed E-state index contributed by atoms with van der Waals surface area (Å²) in [7, 11) is 5.00. The summed E-state index contributed by atoms with van der Waals surface area (Å²) in [5.41, 5.74) is 3.70. The van der Waals surface area contributed by atoms with Gasteiger partial charge < -0.3 is 25.0 Å². The lowest BCUT2D eigenvalue weighted by molar-refractivity contribution is -0.149. The van der Waals surface area contributed by atoms with Gasteiger partial charge in [-0.25, -0.2) is 4.39 Å². The minimum Gasteiger partial charge on any atom is -0.480 e. The summed E-state index contributed by atoms with van der Waals surface area (Å²) in [5, 5.41) is 21.1. The molecule has 2 fully saturated rings. The van der Waals surface area contributed by atoms with Gasteiger partial charge in [0.05, 0.1) is 36.0 Å². The van der Waals surface area contributed by atoms with Crippen molar-refractivity contribution in [2.75, 3.05) is 40.3 Å². The second-order valence-electron chi connectivity index (χ2n) is 11.7. The largest absolute Gasteiger partial charge is 0.480 e. The first kappa shape index (κ1) is 30.8. The van der Waals surface area contributed by atoms with Crippen LogP contribution in [0.15, 0.2) is 36.5 Å². The molecule has 2 aliphatic rings. The number of aldehydes is 1. The Labute approximate surface area is 253 Å². The highest BCUT2D eigenvalue weighted by atomic mass is 19.1. The highest BCUT2D eigenvalue weighted by molar-refractivity contribution is 6.00. The fraction of sp³-hybridized carbons (Fsp3) is 0.419. The van der Waals surface area contributed by atoms with E-state index < -0.39 is 5.97 Å². The summed E-state index contributed by atoms with van der Waals surface area (Å²) in [5.74, 6) is -1.17. The Bertz CT molecular complexity index is 1750. The van der Waals surface area contributed by atoms with Gasteiger partial charge >= 0.3 is 5.97 Å². The minimum absolute atomic E-state index is 0.00383. The normalized spacial score (nSPS) is 15.4. The quantitative estimate of drug-likeness (QED) is 0.292. The number of carboxylic acids is 1. The Balaban J connectivity index is 0.000000584. The van der Waals surface area contributed by atoms with E-state index >= 15 is 4.39 Å². The van der Waals surface area contributed by atoms with Crippen LogP contribution in [0.1, 0.15) is 31.4 Å². The summed E-state index contributed by atoms with van der Waals surface area (Å²) >= 11 is 0. The number of hydrogen-bond acceptors (Lipinski definition) is 7. The van der Waals surface area contributed by atoms with Crippen molar-refractivity contribution >= 4 is 45.9 Å². The van der Waals surface area contributed by atoms with E-state index in [1.165, 1.54) is 11.0 Å². The molecule has 2 aromatic heterocycles. The zero-order chi connectivity index (χ0) is 31.8. The lowest BCUT2D eigenvalue weighted by atomic mass is 9.56. The Morgan fingerprint density at radius 2 is 1.91 bits per heavy atom. The number of aromatic nitrogens is 4. The van der Waals surface area contributed by atoms with Crippen molar-refractivity contribution in [1.29, 1.82) is 0 Å². The van der Waals surface area contributed by atoms with Gasteiger partial charge in [-0.3, -0.25) is 23.7 Å². The zero-order valence-electron chi connectivity index (χ0n) is 25.2. The number of likely N-dealkylation sites (N-methyl/N-ethyl adjacent to an activating group) is 2. The summed E-state index contributed by atoms with van der Waals surface area (Å²) in [6.07, 6.45) is 4.11. The molecule has 1 spiro atoms. The number of nitrogens with zero attached hydrogens (tertiary/aromatic N) is 6. The van der Waals surface area contributed by atoms with Gasteiger partial charge in [-0.1, -0.05) is 12.1 Å². The number of benzene rings is 2. The molecule has 232 valence electrons. The Morgan fingerprint density at radius 3 is 2.52 bits per heavy atom. The standard InChI is InChI=1S/C28H29FN6O3.C3H7NO2/c1-17(37)34-15-28(16-34)11-19(12-28)27-26-20(21-10-24-18(9-22(21)29)13-30-33(24)3)5-4-6-23(26)35(31-27)14-25(38)32(2)7-8-36;1-4-2-3(5)6/h4-6,8-10,13,19H,7,11-12,14-16H2,1-3H3;4H,2H2,1H3,(H,5,6). The molecule has 44 heavy (non-hydrogen) atoms. The molecule has 4 aromatic rings. The predicted octanol–water partition coefficient (Wildman–Crippen LogP) is 2.40. The molecule has 0 radical (unpaired) electrons. The van der Waals surface area contributed by atoms with Crippen LogP contribution in [-0.4, -0.2) is 98.8 Å². The molecule has 1 saturated heterocycles. The van der Waals surface area contributed by atoms with E-state index in [9.17, 15) is 19.2 Å². The van der Waals surface area contributed by atoms with Crippen LogP contribution in [0.2, 0.25) is 0 Å². The highest BCUT2D eigenvalue weighted by Gasteiger charge is 2.54. The first-order valence-electron chi connectivity index (χ1n) is 14.4. The first-order valence-corrected chi connectivity index (χ1v) is 14.4. The molecule has 3 heterocycles. The molecule has 2 amide bonds. The highest BCUT2D eigenvalue weighted by Crippen LogP contribution is 2.57. The fourth-order valence-electron chi connectivity index (χ4n) is 6.30. The first-order chi connectivity index (χ1) is 21.0. The third-order valence-corrected chi connectivity index (χ3v) is 8.56. The SMILES string of the molecule is CC(=O)N1CC2(CC(c3nn(CC(=O)N(C)CC=O)c4cccc(-c5cc6c(cnn6C)cc5F)c34)C2)C1.CNCC(=O)O. The molecule has 2 aromatic carbocycles. The predicted molar refractivity (Wildman–Crippen MR) is 161 cm³/mol. The second-order valence-corrected chi connectivity index (χ2v) is 11.7. The molecule has 6 rings (SSSR count). The number of carbonyl (C=O) groups is 4. The average Bonchev–Trinajstić information content (AvgIpc) is 3.46. The number of amides is 2. The van der Waals surface area contributed by atoms with Crippen LogP contribution in [0.25, 0.3) is 32.9 Å². The zero-order valence-corrected chi connectivity index (χ0v) is 25.2. The van der Waals surface area contributed by atoms with E-state index in [4.69, 9.17) is 10.2 Å². The van der Waals surface area contributed by atoms with Gasteiger partial charge in [-0.2, -0.15) is 10.2 Å². The molecule has 1 aliphatic heterocycles. The maximum absolute atomic E-state index is 15.5. The van der Waals surface area contributed by atoms with Crippen molar-refractivity contribution in [2.24, 2.45) is 12.5 Å². The van der Waals surface area contributed by atoms with Gasteiger partial charge in [0, 0.05) is 61.8 Å². The summed E-state index contributed by atoms with van der Waals surface area (Å²) in [4.78, 5) is 48.3. The van der Waals surface area contributed by atoms with Crippen LogP contribution in [0.4, 0.5) is 4.39 Å². The summed E-state index contributed by atoms with van der Waals surface area (Å²) < 4.78 is 18.9. The van der Waals surface area contributed by atoms with Gasteiger partial charge in [0.2, 0.25) is 11.8 Å². The van der Waals surface area contributed by atoms with Gasteiger partial charge in [-0.05, 0) is 43.7 Å². The smallest absolute Gasteiger partial charge is 0.317 e. The lowest BCUT2D eigenvalue weighted by Gasteiger charge is -2.58. The van der Waals surface area contributed by atoms with Gasteiger partial charge in [0.1, 0.15) is 18.6 Å². The number of halogens is 1. The van der Waals surface area contributed by atoms with Crippen molar-refractivity contribution < 1.29 is 28.7 Å². The van der Waals surface area contributed by atoms with Crippen LogP contribution >= 0.6 is 0 Å². The van der Waals surface area contributed by atoms with Crippen molar-refractivity contribution in [3.05, 3.63) is 48.0 Å². The van der Waals surface area contributed by atoms with Crippen molar-refractivity contribution in [3.8, 4) is 11.1 Å². The number of rotatable bonds is 8. The average molecular weight is 606 g/mol. The topological polar surface area (TPSA) is 143 Å². The molecule has 2 N–H and O–H groups in total. The number of hydrogen-bond donors (Lipinski definition) is 2. The lowest BCUT2D eigenvalue weighted by Crippen LogP contribution is -2.62. The van der Waals surface area contributed by atoms with E-state index in [1.807, 2.05) is 36.2 Å². The molecule has 0 unspecified atom stereocenters. The third kappa shape index (κ3) is 5.79. The third-order valence-electron chi connectivity index (χ3n) is 8.56. The van der Waals surface area contributed by atoms with E-state index in [1.54, 1.807) is 36.6 Å². The Kier molecular flexibility index (Phi) is 8.51. The summed E-state index contributed by atoms with van der Waals surface area (Å²) in [6.45, 7) is 3.13. The molecular weight excluding hydrogens is 569 g/mol. The number of fused-ring (bicyclic) bond motifs is 2.